The maximum atomic E-state index is 6.08. The summed E-state index contributed by atoms with van der Waals surface area (Å²) >= 11 is 0. The van der Waals surface area contributed by atoms with Crippen LogP contribution in [-0.2, 0) is 28.4 Å². The molecule has 1 aliphatic rings. The van der Waals surface area contributed by atoms with E-state index >= 15 is 0 Å². The Morgan fingerprint density at radius 1 is 0.542 bits per heavy atom. The van der Waals surface area contributed by atoms with Crippen LogP contribution in [0.2, 0.25) is 0 Å². The molecular formula is C18H36O6. The smallest absolute Gasteiger partial charge is 0.0728 e. The van der Waals surface area contributed by atoms with Crippen molar-refractivity contribution in [2.45, 2.75) is 39.9 Å². The van der Waals surface area contributed by atoms with E-state index in [4.69, 9.17) is 28.4 Å². The van der Waals surface area contributed by atoms with Gasteiger partial charge in [0.05, 0.1) is 65.1 Å². The van der Waals surface area contributed by atoms with Crippen molar-refractivity contribution in [3.05, 3.63) is 0 Å². The molecule has 6 nitrogen and oxygen atoms in total. The van der Waals surface area contributed by atoms with Crippen LogP contribution in [0.5, 0.6) is 0 Å². The predicted molar refractivity (Wildman–Crippen MR) is 92.4 cm³/mol. The molecule has 0 saturated heterocycles. The second kappa shape index (κ2) is 10.7. The van der Waals surface area contributed by atoms with Gasteiger partial charge in [0.15, 0.2) is 0 Å². The second-order valence-electron chi connectivity index (χ2n) is 7.35. The van der Waals surface area contributed by atoms with E-state index in [1.165, 1.54) is 0 Å². The zero-order valence-corrected chi connectivity index (χ0v) is 16.3. The Bertz CT molecular complexity index is 287. The molecule has 0 aliphatic heterocycles. The fraction of sp³-hybridized carbons (Fsp3) is 1.00. The van der Waals surface area contributed by atoms with Crippen molar-refractivity contribution in [1.29, 1.82) is 0 Å². The highest BCUT2D eigenvalue weighted by atomic mass is 16.6. The van der Waals surface area contributed by atoms with Crippen LogP contribution in [-0.4, -0.2) is 79.3 Å². The highest BCUT2D eigenvalue weighted by molar-refractivity contribution is 5.12. The first-order chi connectivity index (χ1) is 11.4. The molecule has 0 atom stereocenters. The van der Waals surface area contributed by atoms with Crippen molar-refractivity contribution in [2.75, 3.05) is 67.1 Å². The lowest BCUT2D eigenvalue weighted by molar-refractivity contribution is -0.286. The van der Waals surface area contributed by atoms with Crippen LogP contribution in [0.4, 0.5) is 0 Å². The Labute approximate surface area is 147 Å². The Morgan fingerprint density at radius 2 is 0.875 bits per heavy atom. The van der Waals surface area contributed by atoms with Crippen LogP contribution >= 0.6 is 0 Å². The molecule has 1 aliphatic carbocycles. The third-order valence-corrected chi connectivity index (χ3v) is 4.59. The summed E-state index contributed by atoms with van der Waals surface area (Å²) in [5.74, 6) is 0. The molecule has 0 aromatic carbocycles. The largest absolute Gasteiger partial charge is 0.382 e. The SMILES string of the molecule is COCCOCCOC1C(C)(C)C(OCCOCCOC)C1(C)C. The summed E-state index contributed by atoms with van der Waals surface area (Å²) in [6.45, 7) is 13.6. The number of ether oxygens (including phenoxy) is 6. The van der Waals surface area contributed by atoms with E-state index < -0.39 is 0 Å². The molecule has 24 heavy (non-hydrogen) atoms. The molecule has 0 aromatic rings. The molecule has 0 unspecified atom stereocenters. The van der Waals surface area contributed by atoms with Gasteiger partial charge in [0.1, 0.15) is 0 Å². The Morgan fingerprint density at radius 3 is 1.21 bits per heavy atom. The molecule has 0 spiro atoms. The van der Waals surface area contributed by atoms with E-state index in [1.54, 1.807) is 14.2 Å². The Kier molecular flexibility index (Phi) is 9.71. The molecule has 144 valence electrons. The van der Waals surface area contributed by atoms with Crippen LogP contribution in [0.15, 0.2) is 0 Å². The monoisotopic (exact) mass is 348 g/mol. The van der Waals surface area contributed by atoms with Gasteiger partial charge in [-0.15, -0.1) is 0 Å². The predicted octanol–water partition coefficient (Wildman–Crippen LogP) is 2.15. The zero-order chi connectivity index (χ0) is 18.1. The fourth-order valence-corrected chi connectivity index (χ4v) is 3.89. The van der Waals surface area contributed by atoms with Crippen LogP contribution in [0.3, 0.4) is 0 Å². The fourth-order valence-electron chi connectivity index (χ4n) is 3.89. The zero-order valence-electron chi connectivity index (χ0n) is 16.3. The summed E-state index contributed by atoms with van der Waals surface area (Å²) in [7, 11) is 3.34. The molecule has 0 N–H and O–H groups in total. The van der Waals surface area contributed by atoms with Crippen LogP contribution in [0, 0.1) is 10.8 Å². The van der Waals surface area contributed by atoms with Gasteiger partial charge in [-0.3, -0.25) is 0 Å². The van der Waals surface area contributed by atoms with Crippen LogP contribution < -0.4 is 0 Å². The number of hydrogen-bond acceptors (Lipinski definition) is 6. The summed E-state index contributed by atoms with van der Waals surface area (Å²) < 4.78 is 33.0. The number of rotatable bonds is 14. The van der Waals surface area contributed by atoms with Crippen molar-refractivity contribution in [3.63, 3.8) is 0 Å². The number of hydrogen-bond donors (Lipinski definition) is 0. The molecule has 1 saturated carbocycles. The van der Waals surface area contributed by atoms with Gasteiger partial charge < -0.3 is 28.4 Å². The van der Waals surface area contributed by atoms with Gasteiger partial charge in [-0.05, 0) is 0 Å². The van der Waals surface area contributed by atoms with Crippen LogP contribution in [0.25, 0.3) is 0 Å². The summed E-state index contributed by atoms with van der Waals surface area (Å²) in [6, 6.07) is 0. The molecule has 0 heterocycles. The van der Waals surface area contributed by atoms with Crippen molar-refractivity contribution in [3.8, 4) is 0 Å². The van der Waals surface area contributed by atoms with Crippen molar-refractivity contribution < 1.29 is 28.4 Å². The van der Waals surface area contributed by atoms with Gasteiger partial charge in [-0.1, -0.05) is 27.7 Å². The van der Waals surface area contributed by atoms with Gasteiger partial charge in [0, 0.05) is 25.0 Å². The quantitative estimate of drug-likeness (QED) is 0.448. The standard InChI is InChI=1S/C18H36O6/c1-17(2)15(23-13-11-21-9-7-19-5)18(3,4)16(17)24-14-12-22-10-8-20-6/h15-16H,7-14H2,1-6H3. The Hall–Kier alpha value is -0.240. The minimum absolute atomic E-state index is 0.0252. The molecule has 0 aromatic heterocycles. The van der Waals surface area contributed by atoms with E-state index in [9.17, 15) is 0 Å². The summed E-state index contributed by atoms with van der Waals surface area (Å²) in [4.78, 5) is 0. The topological polar surface area (TPSA) is 55.4 Å². The average molecular weight is 348 g/mol. The average Bonchev–Trinajstić information content (AvgIpc) is 2.52. The normalized spacial score (nSPS) is 24.8. The highest BCUT2D eigenvalue weighted by Crippen LogP contribution is 2.57. The van der Waals surface area contributed by atoms with E-state index in [0.717, 1.165) is 0 Å². The highest BCUT2D eigenvalue weighted by Gasteiger charge is 2.63. The Balaban J connectivity index is 2.27. The molecule has 0 amide bonds. The summed E-state index contributed by atoms with van der Waals surface area (Å²) in [5, 5.41) is 0. The second-order valence-corrected chi connectivity index (χ2v) is 7.35. The third-order valence-electron chi connectivity index (χ3n) is 4.59. The maximum absolute atomic E-state index is 6.08. The van der Waals surface area contributed by atoms with E-state index in [-0.39, 0.29) is 23.0 Å². The van der Waals surface area contributed by atoms with Crippen LogP contribution in [0.1, 0.15) is 27.7 Å². The first-order valence-electron chi connectivity index (χ1n) is 8.75. The van der Waals surface area contributed by atoms with Gasteiger partial charge in [-0.2, -0.15) is 0 Å². The van der Waals surface area contributed by atoms with E-state index in [0.29, 0.717) is 52.9 Å². The van der Waals surface area contributed by atoms with Crippen molar-refractivity contribution >= 4 is 0 Å². The van der Waals surface area contributed by atoms with E-state index in [1.807, 2.05) is 0 Å². The van der Waals surface area contributed by atoms with Gasteiger partial charge in [0.25, 0.3) is 0 Å². The molecule has 1 rings (SSSR count). The van der Waals surface area contributed by atoms with E-state index in [2.05, 4.69) is 27.7 Å². The summed E-state index contributed by atoms with van der Waals surface area (Å²) in [5.41, 5.74) is -0.0505. The third kappa shape index (κ3) is 5.93. The van der Waals surface area contributed by atoms with Gasteiger partial charge in [0.2, 0.25) is 0 Å². The molecule has 0 bridgehead atoms. The lowest BCUT2D eigenvalue weighted by atomic mass is 9.51. The van der Waals surface area contributed by atoms with Crippen molar-refractivity contribution in [1.82, 2.24) is 0 Å². The number of methoxy groups -OCH3 is 2. The lowest BCUT2D eigenvalue weighted by Crippen LogP contribution is -2.69. The lowest BCUT2D eigenvalue weighted by Gasteiger charge is -2.62. The van der Waals surface area contributed by atoms with Gasteiger partial charge in [-0.25, -0.2) is 0 Å². The molecule has 1 fully saturated rings. The van der Waals surface area contributed by atoms with Crippen molar-refractivity contribution in [2.24, 2.45) is 10.8 Å². The maximum Gasteiger partial charge on any atom is 0.0728 e. The first kappa shape index (κ1) is 21.8. The molecule has 6 heteroatoms. The summed E-state index contributed by atoms with van der Waals surface area (Å²) in [6.07, 6.45) is 0.297. The minimum Gasteiger partial charge on any atom is -0.382 e. The van der Waals surface area contributed by atoms with Gasteiger partial charge >= 0.3 is 0 Å². The first-order valence-corrected chi connectivity index (χ1v) is 8.75. The minimum atomic E-state index is -0.0252. The molecule has 0 radical (unpaired) electrons. The molecular weight excluding hydrogens is 312 g/mol.